The van der Waals surface area contributed by atoms with Gasteiger partial charge in [-0.2, -0.15) is 13.2 Å². The van der Waals surface area contributed by atoms with E-state index < -0.39 is 17.3 Å². The fourth-order valence-corrected chi connectivity index (χ4v) is 4.09. The third kappa shape index (κ3) is 7.05. The van der Waals surface area contributed by atoms with Gasteiger partial charge in [0.25, 0.3) is 0 Å². The van der Waals surface area contributed by atoms with Crippen molar-refractivity contribution in [2.75, 3.05) is 19.6 Å². The number of carbonyl (C=O) groups excluding carboxylic acids is 1. The van der Waals surface area contributed by atoms with E-state index in [1.54, 1.807) is 11.0 Å². The molecule has 170 valence electrons. The van der Waals surface area contributed by atoms with E-state index in [1.807, 2.05) is 34.6 Å². The summed E-state index contributed by atoms with van der Waals surface area (Å²) >= 11 is 5.90. The largest absolute Gasteiger partial charge is 0.444 e. The number of nitrogens with zero attached hydrogens (tertiary/aromatic N) is 2. The summed E-state index contributed by atoms with van der Waals surface area (Å²) < 4.78 is 46.2. The summed E-state index contributed by atoms with van der Waals surface area (Å²) in [6, 6.07) is 4.43. The van der Waals surface area contributed by atoms with E-state index in [2.05, 4.69) is 4.90 Å². The first kappa shape index (κ1) is 24.8. The molecule has 1 amide bonds. The Morgan fingerprint density at radius 2 is 1.83 bits per heavy atom. The molecule has 0 atom stereocenters. The van der Waals surface area contributed by atoms with Crippen molar-refractivity contribution in [1.82, 2.24) is 9.80 Å². The third-order valence-corrected chi connectivity index (χ3v) is 5.30. The summed E-state index contributed by atoms with van der Waals surface area (Å²) in [6.07, 6.45) is -3.47. The van der Waals surface area contributed by atoms with Crippen LogP contribution in [0, 0.1) is 5.92 Å². The Morgan fingerprint density at radius 3 is 2.33 bits per heavy atom. The zero-order valence-corrected chi connectivity index (χ0v) is 19.1. The van der Waals surface area contributed by atoms with Crippen LogP contribution in [0.25, 0.3) is 0 Å². The van der Waals surface area contributed by atoms with Gasteiger partial charge in [-0.15, -0.1) is 0 Å². The second kappa shape index (κ2) is 9.77. The zero-order chi connectivity index (χ0) is 22.7. The van der Waals surface area contributed by atoms with Crippen molar-refractivity contribution in [3.63, 3.8) is 0 Å². The van der Waals surface area contributed by atoms with Crippen molar-refractivity contribution in [1.29, 1.82) is 0 Å². The number of halogens is 4. The lowest BCUT2D eigenvalue weighted by Gasteiger charge is -2.40. The number of hydrogen-bond acceptors (Lipinski definition) is 3. The molecule has 2 rings (SSSR count). The van der Waals surface area contributed by atoms with Gasteiger partial charge in [0, 0.05) is 32.2 Å². The van der Waals surface area contributed by atoms with Crippen molar-refractivity contribution in [2.45, 2.75) is 71.8 Å². The molecular weight excluding hydrogens is 417 g/mol. The summed E-state index contributed by atoms with van der Waals surface area (Å²) in [5.41, 5.74) is -1.13. The van der Waals surface area contributed by atoms with Gasteiger partial charge in [-0.05, 0) is 51.2 Å². The topological polar surface area (TPSA) is 32.8 Å². The highest BCUT2D eigenvalue weighted by Crippen LogP contribution is 2.38. The van der Waals surface area contributed by atoms with Crippen LogP contribution >= 0.6 is 11.6 Å². The first-order chi connectivity index (χ1) is 13.8. The smallest absolute Gasteiger partial charge is 0.418 e. The fourth-order valence-electron chi connectivity index (χ4n) is 3.79. The van der Waals surface area contributed by atoms with Crippen LogP contribution in [-0.2, 0) is 17.5 Å². The minimum absolute atomic E-state index is 0.0890. The van der Waals surface area contributed by atoms with Gasteiger partial charge < -0.3 is 9.64 Å². The molecule has 0 N–H and O–H groups in total. The second-order valence-electron chi connectivity index (χ2n) is 9.29. The molecule has 0 aliphatic carbocycles. The third-order valence-electron chi connectivity index (χ3n) is 4.99. The number of rotatable bonds is 5. The van der Waals surface area contributed by atoms with Gasteiger partial charge in [-0.3, -0.25) is 4.90 Å². The van der Waals surface area contributed by atoms with Gasteiger partial charge in [0.2, 0.25) is 0 Å². The molecule has 1 aromatic carbocycles. The molecule has 0 spiro atoms. The summed E-state index contributed by atoms with van der Waals surface area (Å²) in [4.78, 5) is 16.1. The number of likely N-dealkylation sites (tertiary alicyclic amines) is 1. The fraction of sp³-hybridized carbons (Fsp3) is 0.682. The molecule has 1 saturated heterocycles. The number of piperidine rings is 1. The lowest BCUT2D eigenvalue weighted by molar-refractivity contribution is -0.138. The molecule has 1 fully saturated rings. The van der Waals surface area contributed by atoms with E-state index in [9.17, 15) is 18.0 Å². The van der Waals surface area contributed by atoms with Gasteiger partial charge in [0.05, 0.1) is 10.6 Å². The zero-order valence-electron chi connectivity index (χ0n) is 18.4. The van der Waals surface area contributed by atoms with E-state index in [0.29, 0.717) is 38.4 Å². The highest BCUT2D eigenvalue weighted by atomic mass is 35.5. The summed E-state index contributed by atoms with van der Waals surface area (Å²) in [5.74, 6) is 0.294. The van der Waals surface area contributed by atoms with E-state index >= 15 is 0 Å². The highest BCUT2D eigenvalue weighted by Gasteiger charge is 2.37. The van der Waals surface area contributed by atoms with E-state index in [-0.39, 0.29) is 29.3 Å². The maximum atomic E-state index is 13.6. The summed E-state index contributed by atoms with van der Waals surface area (Å²) in [5, 5.41) is -0.274. The average molecular weight is 449 g/mol. The van der Waals surface area contributed by atoms with Crippen molar-refractivity contribution < 1.29 is 22.7 Å². The van der Waals surface area contributed by atoms with Crippen molar-refractivity contribution in [3.05, 3.63) is 34.3 Å². The Bertz CT molecular complexity index is 724. The SMILES string of the molecule is CC(C)CN(Cc1cccc(Cl)c1C(F)(F)F)C1CCN(C(=O)OC(C)(C)C)CC1. The molecule has 1 heterocycles. The quantitative estimate of drug-likeness (QED) is 0.536. The number of benzene rings is 1. The van der Waals surface area contributed by atoms with Crippen LogP contribution < -0.4 is 0 Å². The number of amides is 1. The van der Waals surface area contributed by atoms with Gasteiger partial charge in [0.1, 0.15) is 5.60 Å². The van der Waals surface area contributed by atoms with Crippen LogP contribution in [0.2, 0.25) is 5.02 Å². The predicted molar refractivity (Wildman–Crippen MR) is 113 cm³/mol. The molecule has 30 heavy (non-hydrogen) atoms. The highest BCUT2D eigenvalue weighted by molar-refractivity contribution is 6.31. The number of hydrogen-bond donors (Lipinski definition) is 0. The molecule has 0 saturated carbocycles. The number of ether oxygens (including phenoxy) is 1. The molecule has 1 aliphatic rings. The lowest BCUT2D eigenvalue weighted by atomic mass is 9.99. The van der Waals surface area contributed by atoms with Crippen molar-refractivity contribution in [2.24, 2.45) is 5.92 Å². The van der Waals surface area contributed by atoms with Crippen molar-refractivity contribution >= 4 is 17.7 Å². The Morgan fingerprint density at radius 1 is 1.23 bits per heavy atom. The monoisotopic (exact) mass is 448 g/mol. The Hall–Kier alpha value is -1.47. The van der Waals surface area contributed by atoms with Crippen LogP contribution in [0.1, 0.15) is 58.6 Å². The maximum absolute atomic E-state index is 13.6. The second-order valence-corrected chi connectivity index (χ2v) is 9.70. The van der Waals surface area contributed by atoms with Crippen molar-refractivity contribution in [3.8, 4) is 0 Å². The van der Waals surface area contributed by atoms with E-state index in [4.69, 9.17) is 16.3 Å². The Labute approximate surface area is 182 Å². The van der Waals surface area contributed by atoms with Crippen LogP contribution in [0.4, 0.5) is 18.0 Å². The molecule has 0 unspecified atom stereocenters. The predicted octanol–water partition coefficient (Wildman–Crippen LogP) is 6.22. The van der Waals surface area contributed by atoms with Gasteiger partial charge in [-0.25, -0.2) is 4.79 Å². The molecule has 1 aliphatic heterocycles. The molecule has 0 bridgehead atoms. The molecule has 4 nitrogen and oxygen atoms in total. The first-order valence-corrected chi connectivity index (χ1v) is 10.7. The lowest BCUT2D eigenvalue weighted by Crippen LogP contribution is -2.48. The van der Waals surface area contributed by atoms with Gasteiger partial charge >= 0.3 is 12.3 Å². The Kier molecular flexibility index (Phi) is 8.08. The maximum Gasteiger partial charge on any atom is 0.418 e. The minimum atomic E-state index is -4.50. The molecule has 0 aromatic heterocycles. The molecule has 1 aromatic rings. The van der Waals surface area contributed by atoms with Crippen LogP contribution in [0.5, 0.6) is 0 Å². The van der Waals surface area contributed by atoms with E-state index in [1.165, 1.54) is 12.1 Å². The van der Waals surface area contributed by atoms with Crippen LogP contribution in [0.15, 0.2) is 18.2 Å². The Balaban J connectivity index is 2.14. The van der Waals surface area contributed by atoms with Crippen LogP contribution in [-0.4, -0.2) is 47.2 Å². The normalized spacial score (nSPS) is 16.4. The van der Waals surface area contributed by atoms with Gasteiger partial charge in [-0.1, -0.05) is 37.6 Å². The molecule has 8 heteroatoms. The van der Waals surface area contributed by atoms with Gasteiger partial charge in [0.15, 0.2) is 0 Å². The number of carbonyl (C=O) groups is 1. The number of alkyl halides is 3. The van der Waals surface area contributed by atoms with Crippen LogP contribution in [0.3, 0.4) is 0 Å². The average Bonchev–Trinajstić information content (AvgIpc) is 2.58. The van der Waals surface area contributed by atoms with E-state index in [0.717, 1.165) is 0 Å². The summed E-state index contributed by atoms with van der Waals surface area (Å²) in [6.45, 7) is 11.5. The molecule has 0 radical (unpaired) electrons. The summed E-state index contributed by atoms with van der Waals surface area (Å²) in [7, 11) is 0. The first-order valence-electron chi connectivity index (χ1n) is 10.3. The molecular formula is C22H32ClF3N2O2. The standard InChI is InChI=1S/C22H32ClF3N2O2/c1-15(2)13-28(14-16-7-6-8-18(23)19(16)22(24,25)26)17-9-11-27(12-10-17)20(29)30-21(3,4)5/h6-8,15,17H,9-14H2,1-5H3. The minimum Gasteiger partial charge on any atom is -0.444 e.